The van der Waals surface area contributed by atoms with Gasteiger partial charge in [0.2, 0.25) is 0 Å². The minimum absolute atomic E-state index is 0.00526. The molecule has 0 aromatic heterocycles. The smallest absolute Gasteiger partial charge is 0.315 e. The predicted molar refractivity (Wildman–Crippen MR) is 85.3 cm³/mol. The van der Waals surface area contributed by atoms with Crippen LogP contribution in [0, 0.1) is 11.8 Å². The summed E-state index contributed by atoms with van der Waals surface area (Å²) in [6.45, 7) is 5.21. The second-order valence-electron chi connectivity index (χ2n) is 8.62. The molecule has 0 saturated carbocycles. The van der Waals surface area contributed by atoms with E-state index in [-0.39, 0.29) is 35.6 Å². The first-order valence-corrected chi connectivity index (χ1v) is 8.54. The summed E-state index contributed by atoms with van der Waals surface area (Å²) in [6, 6.07) is 0. The van der Waals surface area contributed by atoms with Gasteiger partial charge < -0.3 is 14.0 Å². The molecule has 3 aliphatic rings. The number of epoxide rings is 1. The van der Waals surface area contributed by atoms with E-state index in [1.54, 1.807) is 0 Å². The fourth-order valence-corrected chi connectivity index (χ4v) is 4.14. The number of carbonyl (C=O) groups is 1. The van der Waals surface area contributed by atoms with E-state index in [0.717, 1.165) is 36.7 Å². The summed E-state index contributed by atoms with van der Waals surface area (Å²) in [5.74, 6) is 0.283. The first-order chi connectivity index (χ1) is 10.2. The summed E-state index contributed by atoms with van der Waals surface area (Å²) >= 11 is 0. The van der Waals surface area contributed by atoms with Crippen molar-refractivity contribution in [2.75, 3.05) is 27.7 Å². The lowest BCUT2D eigenvalue weighted by atomic mass is 9.80. The largest absolute Gasteiger partial charge is 0.459 e. The van der Waals surface area contributed by atoms with Crippen LogP contribution in [0.2, 0.25) is 0 Å². The Hall–Kier alpha value is -0.870. The van der Waals surface area contributed by atoms with Crippen molar-refractivity contribution in [2.45, 2.75) is 57.3 Å². The fourth-order valence-electron chi connectivity index (χ4n) is 4.14. The van der Waals surface area contributed by atoms with E-state index in [2.05, 4.69) is 41.1 Å². The summed E-state index contributed by atoms with van der Waals surface area (Å²) in [7, 11) is 6.43. The Labute approximate surface area is 134 Å². The maximum absolute atomic E-state index is 12.5. The Bertz CT molecular complexity index is 493. The molecule has 0 bridgehead atoms. The molecule has 0 N–H and O–H groups in total. The Morgan fingerprint density at radius 2 is 2.09 bits per heavy atom. The molecular formula is C18H30NO3+. The first-order valence-electron chi connectivity index (χ1n) is 8.54. The van der Waals surface area contributed by atoms with Crippen molar-refractivity contribution >= 4 is 5.97 Å². The molecule has 0 unspecified atom stereocenters. The van der Waals surface area contributed by atoms with Gasteiger partial charge in [-0.1, -0.05) is 11.6 Å². The highest BCUT2D eigenvalue weighted by atomic mass is 16.6. The number of esters is 1. The third-order valence-electron chi connectivity index (χ3n) is 5.48. The summed E-state index contributed by atoms with van der Waals surface area (Å²) in [6.07, 6.45) is 6.58. The number of hydrogen-bond acceptors (Lipinski definition) is 3. The highest BCUT2D eigenvalue weighted by Crippen LogP contribution is 2.50. The van der Waals surface area contributed by atoms with Crippen LogP contribution in [0.25, 0.3) is 0 Å². The van der Waals surface area contributed by atoms with Gasteiger partial charge >= 0.3 is 5.97 Å². The highest BCUT2D eigenvalue weighted by Gasteiger charge is 2.63. The molecule has 2 fully saturated rings. The van der Waals surface area contributed by atoms with E-state index in [0.29, 0.717) is 0 Å². The molecule has 22 heavy (non-hydrogen) atoms. The van der Waals surface area contributed by atoms with Gasteiger partial charge in [-0.05, 0) is 39.5 Å². The number of quaternary nitrogens is 1. The van der Waals surface area contributed by atoms with E-state index in [4.69, 9.17) is 9.47 Å². The zero-order valence-corrected chi connectivity index (χ0v) is 14.6. The zero-order chi connectivity index (χ0) is 16.1. The summed E-state index contributed by atoms with van der Waals surface area (Å²) < 4.78 is 12.6. The molecule has 2 aliphatic heterocycles. The molecule has 5 atom stereocenters. The lowest BCUT2D eigenvalue weighted by Gasteiger charge is -2.29. The van der Waals surface area contributed by atoms with Crippen molar-refractivity contribution in [1.29, 1.82) is 0 Å². The van der Waals surface area contributed by atoms with Crippen LogP contribution in [0.5, 0.6) is 0 Å². The van der Waals surface area contributed by atoms with Crippen LogP contribution >= 0.6 is 0 Å². The number of allylic oxidation sites excluding steroid dienone is 2. The Morgan fingerprint density at radius 3 is 2.77 bits per heavy atom. The number of ether oxygens (including phenoxy) is 2. The van der Waals surface area contributed by atoms with Crippen molar-refractivity contribution in [3.05, 3.63) is 11.6 Å². The second kappa shape index (κ2) is 5.34. The van der Waals surface area contributed by atoms with Gasteiger partial charge in [-0.3, -0.25) is 4.79 Å². The summed E-state index contributed by atoms with van der Waals surface area (Å²) in [4.78, 5) is 12.5. The lowest BCUT2D eigenvalue weighted by Crippen LogP contribution is -2.43. The van der Waals surface area contributed by atoms with Gasteiger partial charge in [0.1, 0.15) is 18.1 Å². The minimum atomic E-state index is -0.0944. The maximum Gasteiger partial charge on any atom is 0.315 e. The van der Waals surface area contributed by atoms with E-state index in [9.17, 15) is 4.79 Å². The lowest BCUT2D eigenvalue weighted by molar-refractivity contribution is -0.873. The molecule has 1 aliphatic carbocycles. The van der Waals surface area contributed by atoms with Gasteiger partial charge in [0.05, 0.1) is 33.3 Å². The maximum atomic E-state index is 12.5. The van der Waals surface area contributed by atoms with Gasteiger partial charge in [0, 0.05) is 5.92 Å². The van der Waals surface area contributed by atoms with Crippen molar-refractivity contribution < 1.29 is 18.8 Å². The van der Waals surface area contributed by atoms with E-state index >= 15 is 0 Å². The molecular weight excluding hydrogens is 278 g/mol. The SMILES string of the molecule is C/C1=C\CC[C@@]2(C)O[C@@H]2[C@H]2OC(=O)[C@@H](C[N+](C)(C)C)[C@@H]2CC1. The molecule has 4 heteroatoms. The summed E-state index contributed by atoms with van der Waals surface area (Å²) in [5.41, 5.74) is 1.34. The minimum Gasteiger partial charge on any atom is -0.459 e. The Kier molecular flexibility index (Phi) is 3.89. The van der Waals surface area contributed by atoms with Crippen molar-refractivity contribution in [1.82, 2.24) is 0 Å². The topological polar surface area (TPSA) is 38.8 Å². The number of carbonyl (C=O) groups excluding carboxylic acids is 1. The van der Waals surface area contributed by atoms with E-state index < -0.39 is 0 Å². The molecule has 0 aromatic rings. The number of rotatable bonds is 2. The van der Waals surface area contributed by atoms with Crippen LogP contribution in [0.3, 0.4) is 0 Å². The van der Waals surface area contributed by atoms with Crippen LogP contribution in [0.15, 0.2) is 11.6 Å². The first kappa shape index (κ1) is 16.0. The van der Waals surface area contributed by atoms with Gasteiger partial charge in [-0.2, -0.15) is 0 Å². The average Bonchev–Trinajstić information content (AvgIpc) is 2.96. The van der Waals surface area contributed by atoms with Crippen molar-refractivity contribution in [2.24, 2.45) is 11.8 Å². The van der Waals surface area contributed by atoms with Crippen LogP contribution in [0.1, 0.15) is 39.5 Å². The molecule has 4 nitrogen and oxygen atoms in total. The Morgan fingerprint density at radius 1 is 1.36 bits per heavy atom. The number of nitrogens with zero attached hydrogens (tertiary/aromatic N) is 1. The van der Waals surface area contributed by atoms with Crippen LogP contribution in [0.4, 0.5) is 0 Å². The fraction of sp³-hybridized carbons (Fsp3) is 0.833. The second-order valence-corrected chi connectivity index (χ2v) is 8.62. The normalized spacial score (nSPS) is 44.4. The summed E-state index contributed by atoms with van der Waals surface area (Å²) in [5, 5.41) is 0. The molecule has 0 spiro atoms. The van der Waals surface area contributed by atoms with E-state index in [1.165, 1.54) is 5.57 Å². The van der Waals surface area contributed by atoms with Gasteiger partial charge in [-0.15, -0.1) is 0 Å². The third-order valence-corrected chi connectivity index (χ3v) is 5.48. The standard InChI is InChI=1S/C18H30NO3/c1-12-7-6-10-18(2)16(22-18)15-13(9-8-12)14(17(20)21-15)11-19(3,4)5/h7,13-16H,6,8-11H2,1-5H3/q+1/b12-7+/t13-,14-,15-,16+,18+/m0/s1. The average molecular weight is 308 g/mol. The van der Waals surface area contributed by atoms with Crippen LogP contribution in [-0.2, 0) is 14.3 Å². The quantitative estimate of drug-likeness (QED) is 0.340. The molecule has 0 radical (unpaired) electrons. The molecule has 0 amide bonds. The highest BCUT2D eigenvalue weighted by molar-refractivity contribution is 5.75. The van der Waals surface area contributed by atoms with Crippen molar-refractivity contribution in [3.8, 4) is 0 Å². The van der Waals surface area contributed by atoms with Crippen molar-refractivity contribution in [3.63, 3.8) is 0 Å². The van der Waals surface area contributed by atoms with Gasteiger partial charge in [-0.25, -0.2) is 0 Å². The predicted octanol–water partition coefficient (Wildman–Crippen LogP) is 2.53. The van der Waals surface area contributed by atoms with Crippen LogP contribution in [-0.4, -0.2) is 55.9 Å². The van der Waals surface area contributed by atoms with E-state index in [1.807, 2.05) is 0 Å². The third kappa shape index (κ3) is 3.09. The zero-order valence-electron chi connectivity index (χ0n) is 14.6. The van der Waals surface area contributed by atoms with Gasteiger partial charge in [0.25, 0.3) is 0 Å². The monoisotopic (exact) mass is 308 g/mol. The number of hydrogen-bond donors (Lipinski definition) is 0. The molecule has 3 rings (SSSR count). The molecule has 2 saturated heterocycles. The Balaban J connectivity index is 1.84. The van der Waals surface area contributed by atoms with Crippen LogP contribution < -0.4 is 0 Å². The molecule has 2 heterocycles. The molecule has 124 valence electrons. The number of fused-ring (bicyclic) bond motifs is 3. The molecule has 0 aromatic carbocycles. The van der Waals surface area contributed by atoms with Gasteiger partial charge in [0.15, 0.2) is 0 Å².